The van der Waals surface area contributed by atoms with Crippen LogP contribution in [0.25, 0.3) is 11.0 Å². The van der Waals surface area contributed by atoms with Crippen molar-refractivity contribution in [1.29, 1.82) is 5.26 Å². The zero-order valence-corrected chi connectivity index (χ0v) is 18.5. The van der Waals surface area contributed by atoms with Crippen molar-refractivity contribution in [2.45, 2.75) is 5.92 Å². The number of carbonyl (C=O) groups is 1. The molecule has 1 unspecified atom stereocenters. The number of nitriles is 1. The monoisotopic (exact) mass is 466 g/mol. The van der Waals surface area contributed by atoms with Crippen molar-refractivity contribution < 1.29 is 23.4 Å². The fourth-order valence-electron chi connectivity index (χ4n) is 4.08. The highest BCUT2D eigenvalue weighted by atomic mass is 16.6. The fraction of sp³-hybridized carbons (Fsp3) is 0.0741. The molecule has 0 saturated carbocycles. The maximum absolute atomic E-state index is 13.0. The Labute approximate surface area is 199 Å². The van der Waals surface area contributed by atoms with Crippen LogP contribution in [-0.2, 0) is 0 Å². The third kappa shape index (κ3) is 3.75. The molecule has 3 aromatic carbocycles. The molecule has 1 aliphatic rings. The van der Waals surface area contributed by atoms with Gasteiger partial charge in [-0.15, -0.1) is 0 Å². The smallest absolute Gasteiger partial charge is 0.344 e. The average Bonchev–Trinajstić information content (AvgIpc) is 2.88. The maximum atomic E-state index is 13.0. The first kappa shape index (κ1) is 21.8. The number of rotatable bonds is 4. The second-order valence-corrected chi connectivity index (χ2v) is 7.72. The standard InChI is InChI=1S/C27H18N2O6/c1-32-21-13-16(11-12-20(21)34-26(30)15-7-3-2-4-8-15)22-18(14-28)25(29)35-24-17-9-5-6-10-19(17)33-27(31)23(22)24/h2-13,22H,29H2,1H3. The number of ether oxygens (including phenoxy) is 3. The van der Waals surface area contributed by atoms with Crippen molar-refractivity contribution in [3.8, 4) is 23.3 Å². The molecule has 35 heavy (non-hydrogen) atoms. The van der Waals surface area contributed by atoms with Crippen LogP contribution in [0.4, 0.5) is 0 Å². The Kier molecular flexibility index (Phi) is 5.43. The van der Waals surface area contributed by atoms with Gasteiger partial charge in [-0.3, -0.25) is 0 Å². The Morgan fingerprint density at radius 3 is 2.51 bits per heavy atom. The van der Waals surface area contributed by atoms with Gasteiger partial charge in [0.25, 0.3) is 0 Å². The molecule has 0 saturated heterocycles. The van der Waals surface area contributed by atoms with E-state index in [-0.39, 0.29) is 34.3 Å². The Bertz CT molecular complexity index is 1600. The van der Waals surface area contributed by atoms with E-state index in [1.54, 1.807) is 66.7 Å². The first-order valence-corrected chi connectivity index (χ1v) is 10.6. The first-order chi connectivity index (χ1) is 17.0. The molecule has 0 spiro atoms. The van der Waals surface area contributed by atoms with Crippen LogP contribution in [-0.4, -0.2) is 13.1 Å². The molecule has 0 aliphatic carbocycles. The summed E-state index contributed by atoms with van der Waals surface area (Å²) in [5, 5.41) is 10.4. The van der Waals surface area contributed by atoms with E-state index in [9.17, 15) is 14.9 Å². The van der Waals surface area contributed by atoms with Crippen molar-refractivity contribution in [3.05, 3.63) is 111 Å². The average molecular weight is 466 g/mol. The summed E-state index contributed by atoms with van der Waals surface area (Å²) in [6.45, 7) is 0. The third-order valence-electron chi connectivity index (χ3n) is 5.71. The Hall–Kier alpha value is -5.03. The second-order valence-electron chi connectivity index (χ2n) is 7.72. The van der Waals surface area contributed by atoms with Crippen molar-refractivity contribution in [3.63, 3.8) is 0 Å². The summed E-state index contributed by atoms with van der Waals surface area (Å²) in [7, 11) is 1.42. The lowest BCUT2D eigenvalue weighted by atomic mass is 9.83. The molecule has 2 heterocycles. The van der Waals surface area contributed by atoms with Crippen LogP contribution in [0.1, 0.15) is 27.4 Å². The minimum absolute atomic E-state index is 0.0520. The third-order valence-corrected chi connectivity index (χ3v) is 5.71. The molecule has 0 amide bonds. The van der Waals surface area contributed by atoms with Gasteiger partial charge in [-0.2, -0.15) is 5.26 Å². The normalized spacial score (nSPS) is 14.6. The lowest BCUT2D eigenvalue weighted by Crippen LogP contribution is -2.26. The zero-order chi connectivity index (χ0) is 24.5. The number of para-hydroxylation sites is 1. The number of methoxy groups -OCH3 is 1. The highest BCUT2D eigenvalue weighted by molar-refractivity contribution is 5.91. The lowest BCUT2D eigenvalue weighted by molar-refractivity contribution is 0.0729. The van der Waals surface area contributed by atoms with E-state index in [1.165, 1.54) is 13.2 Å². The number of benzene rings is 3. The van der Waals surface area contributed by atoms with Crippen LogP contribution in [0.5, 0.6) is 17.2 Å². The lowest BCUT2D eigenvalue weighted by Gasteiger charge is -2.26. The number of fused-ring (bicyclic) bond motifs is 3. The van der Waals surface area contributed by atoms with Gasteiger partial charge in [0.05, 0.1) is 29.5 Å². The maximum Gasteiger partial charge on any atom is 0.344 e. The zero-order valence-electron chi connectivity index (χ0n) is 18.5. The summed E-state index contributed by atoms with van der Waals surface area (Å²) < 4.78 is 22.2. The number of allylic oxidation sites excluding steroid dienone is 1. The highest BCUT2D eigenvalue weighted by Gasteiger charge is 2.36. The SMILES string of the molecule is COc1cc(C2C(C#N)=C(N)Oc3c2c(=O)oc2ccccc32)ccc1OC(=O)c1ccccc1. The van der Waals surface area contributed by atoms with Crippen molar-refractivity contribution in [1.82, 2.24) is 0 Å². The van der Waals surface area contributed by atoms with Crippen LogP contribution in [0.2, 0.25) is 0 Å². The van der Waals surface area contributed by atoms with Gasteiger partial charge in [-0.05, 0) is 42.0 Å². The quantitative estimate of drug-likeness (QED) is 0.269. The molecular weight excluding hydrogens is 448 g/mol. The van der Waals surface area contributed by atoms with Crippen LogP contribution >= 0.6 is 0 Å². The van der Waals surface area contributed by atoms with Gasteiger partial charge >= 0.3 is 11.6 Å². The van der Waals surface area contributed by atoms with E-state index in [0.717, 1.165) is 0 Å². The molecule has 4 aromatic rings. The Morgan fingerprint density at radius 1 is 1.03 bits per heavy atom. The van der Waals surface area contributed by atoms with Crippen LogP contribution in [0, 0.1) is 11.3 Å². The van der Waals surface area contributed by atoms with E-state index in [2.05, 4.69) is 0 Å². The van der Waals surface area contributed by atoms with Gasteiger partial charge in [0.15, 0.2) is 17.2 Å². The van der Waals surface area contributed by atoms with Crippen LogP contribution < -0.4 is 25.6 Å². The molecule has 2 N–H and O–H groups in total. The largest absolute Gasteiger partial charge is 0.493 e. The molecule has 8 heteroatoms. The summed E-state index contributed by atoms with van der Waals surface area (Å²) in [5.41, 5.74) is 6.87. The van der Waals surface area contributed by atoms with Gasteiger partial charge in [0, 0.05) is 0 Å². The summed E-state index contributed by atoms with van der Waals surface area (Å²) >= 11 is 0. The second kappa shape index (κ2) is 8.72. The molecule has 1 aromatic heterocycles. The number of hydrogen-bond acceptors (Lipinski definition) is 8. The summed E-state index contributed by atoms with van der Waals surface area (Å²) in [5.74, 6) is -0.894. The van der Waals surface area contributed by atoms with E-state index in [0.29, 0.717) is 22.1 Å². The number of nitrogens with zero attached hydrogens (tertiary/aromatic N) is 1. The minimum Gasteiger partial charge on any atom is -0.493 e. The molecule has 8 nitrogen and oxygen atoms in total. The summed E-state index contributed by atoms with van der Waals surface area (Å²) in [6, 6.07) is 22.2. The number of hydrogen-bond donors (Lipinski definition) is 1. The number of carbonyl (C=O) groups excluding carboxylic acids is 1. The van der Waals surface area contributed by atoms with E-state index >= 15 is 0 Å². The molecule has 5 rings (SSSR count). The van der Waals surface area contributed by atoms with Gasteiger partial charge in [0.1, 0.15) is 17.2 Å². The number of esters is 1. The first-order valence-electron chi connectivity index (χ1n) is 10.6. The van der Waals surface area contributed by atoms with Crippen LogP contribution in [0.3, 0.4) is 0 Å². The van der Waals surface area contributed by atoms with Crippen molar-refractivity contribution in [2.75, 3.05) is 7.11 Å². The van der Waals surface area contributed by atoms with E-state index in [4.69, 9.17) is 24.4 Å². The van der Waals surface area contributed by atoms with Gasteiger partial charge in [-0.1, -0.05) is 36.4 Å². The van der Waals surface area contributed by atoms with Gasteiger partial charge in [0.2, 0.25) is 5.88 Å². The number of nitrogens with two attached hydrogens (primary N) is 1. The van der Waals surface area contributed by atoms with Gasteiger partial charge < -0.3 is 24.4 Å². The Morgan fingerprint density at radius 2 is 1.77 bits per heavy atom. The molecule has 0 fully saturated rings. The van der Waals surface area contributed by atoms with Crippen molar-refractivity contribution in [2.24, 2.45) is 5.73 Å². The molecule has 1 atom stereocenters. The molecule has 0 radical (unpaired) electrons. The van der Waals surface area contributed by atoms with E-state index < -0.39 is 17.5 Å². The molecule has 1 aliphatic heterocycles. The Balaban J connectivity index is 1.63. The topological polar surface area (TPSA) is 125 Å². The van der Waals surface area contributed by atoms with Crippen LogP contribution in [0.15, 0.2) is 93.5 Å². The predicted octanol–water partition coefficient (Wildman–Crippen LogP) is 4.24. The minimum atomic E-state index is -0.877. The fourth-order valence-corrected chi connectivity index (χ4v) is 4.08. The molecular formula is C27H18N2O6. The van der Waals surface area contributed by atoms with Crippen molar-refractivity contribution >= 4 is 16.9 Å². The molecule has 172 valence electrons. The molecule has 0 bridgehead atoms. The van der Waals surface area contributed by atoms with E-state index in [1.807, 2.05) is 6.07 Å². The predicted molar refractivity (Wildman–Crippen MR) is 126 cm³/mol. The van der Waals surface area contributed by atoms with Gasteiger partial charge in [-0.25, -0.2) is 9.59 Å². The summed E-state index contributed by atoms with van der Waals surface area (Å²) in [6.07, 6.45) is 0. The summed E-state index contributed by atoms with van der Waals surface area (Å²) in [4.78, 5) is 25.6. The highest BCUT2D eigenvalue weighted by Crippen LogP contribution is 2.45.